The Labute approximate surface area is 104 Å². The van der Waals surface area contributed by atoms with Gasteiger partial charge in [-0.2, -0.15) is 4.31 Å². The SMILES string of the molecule is CO[C@H]1C[C@@H](CN2CCCC2)N(S(C)(=O)=O)C1. The standard InChI is InChI=1S/C11H22N2O3S/c1-16-11-7-10(8-12-5-3-4-6-12)13(9-11)17(2,14)15/h10-11H,3-9H2,1-2H3/t10-,11-/m0/s1. The smallest absolute Gasteiger partial charge is 0.211 e. The lowest BCUT2D eigenvalue weighted by Crippen LogP contribution is -2.42. The molecule has 0 aromatic carbocycles. The molecule has 0 aliphatic carbocycles. The lowest BCUT2D eigenvalue weighted by molar-refractivity contribution is 0.113. The average Bonchev–Trinajstić information content (AvgIpc) is 2.86. The topological polar surface area (TPSA) is 49.9 Å². The Morgan fingerprint density at radius 2 is 1.94 bits per heavy atom. The number of hydrogen-bond donors (Lipinski definition) is 0. The molecule has 2 rings (SSSR count). The van der Waals surface area contributed by atoms with E-state index in [0.717, 1.165) is 26.1 Å². The first-order chi connectivity index (χ1) is 8.00. The highest BCUT2D eigenvalue weighted by molar-refractivity contribution is 7.88. The Kier molecular flexibility index (Phi) is 4.07. The summed E-state index contributed by atoms with van der Waals surface area (Å²) in [6.45, 7) is 3.57. The minimum Gasteiger partial charge on any atom is -0.380 e. The van der Waals surface area contributed by atoms with Gasteiger partial charge in [-0.25, -0.2) is 8.42 Å². The summed E-state index contributed by atoms with van der Waals surface area (Å²) in [6, 6.07) is 0.0908. The van der Waals surface area contributed by atoms with E-state index in [9.17, 15) is 8.42 Å². The van der Waals surface area contributed by atoms with Crippen molar-refractivity contribution in [1.82, 2.24) is 9.21 Å². The van der Waals surface area contributed by atoms with Crippen LogP contribution in [0.2, 0.25) is 0 Å². The van der Waals surface area contributed by atoms with Crippen molar-refractivity contribution in [3.63, 3.8) is 0 Å². The van der Waals surface area contributed by atoms with E-state index < -0.39 is 10.0 Å². The molecule has 17 heavy (non-hydrogen) atoms. The van der Waals surface area contributed by atoms with Crippen LogP contribution < -0.4 is 0 Å². The fraction of sp³-hybridized carbons (Fsp3) is 1.00. The zero-order valence-electron chi connectivity index (χ0n) is 10.6. The van der Waals surface area contributed by atoms with Crippen LogP contribution in [0.25, 0.3) is 0 Å². The van der Waals surface area contributed by atoms with Gasteiger partial charge in [-0.15, -0.1) is 0 Å². The first-order valence-electron chi connectivity index (χ1n) is 6.22. The number of methoxy groups -OCH3 is 1. The Balaban J connectivity index is 2.02. The molecule has 0 unspecified atom stereocenters. The summed E-state index contributed by atoms with van der Waals surface area (Å²) < 4.78 is 30.4. The first kappa shape index (κ1) is 13.3. The van der Waals surface area contributed by atoms with Crippen molar-refractivity contribution >= 4 is 10.0 Å². The largest absolute Gasteiger partial charge is 0.380 e. The van der Waals surface area contributed by atoms with Crippen molar-refractivity contribution in [2.45, 2.75) is 31.4 Å². The van der Waals surface area contributed by atoms with Crippen molar-refractivity contribution in [2.24, 2.45) is 0 Å². The summed E-state index contributed by atoms with van der Waals surface area (Å²) in [7, 11) is -1.45. The summed E-state index contributed by atoms with van der Waals surface area (Å²) in [5.74, 6) is 0. The molecule has 2 heterocycles. The number of rotatable bonds is 4. The molecule has 6 heteroatoms. The molecule has 2 aliphatic rings. The number of hydrogen-bond acceptors (Lipinski definition) is 4. The van der Waals surface area contributed by atoms with Gasteiger partial charge >= 0.3 is 0 Å². The van der Waals surface area contributed by atoms with Gasteiger partial charge < -0.3 is 9.64 Å². The summed E-state index contributed by atoms with van der Waals surface area (Å²) >= 11 is 0. The number of ether oxygens (including phenoxy) is 1. The Hall–Kier alpha value is -0.170. The monoisotopic (exact) mass is 262 g/mol. The lowest BCUT2D eigenvalue weighted by Gasteiger charge is -2.26. The molecular weight excluding hydrogens is 240 g/mol. The fourth-order valence-electron chi connectivity index (χ4n) is 2.85. The van der Waals surface area contributed by atoms with Crippen molar-refractivity contribution < 1.29 is 13.2 Å². The highest BCUT2D eigenvalue weighted by atomic mass is 32.2. The minimum atomic E-state index is -3.11. The summed E-state index contributed by atoms with van der Waals surface area (Å²) in [5.41, 5.74) is 0. The molecule has 0 N–H and O–H groups in total. The maximum absolute atomic E-state index is 11.7. The van der Waals surface area contributed by atoms with E-state index in [1.807, 2.05) is 0 Å². The molecule has 0 aromatic heterocycles. The molecule has 0 radical (unpaired) electrons. The number of sulfonamides is 1. The number of likely N-dealkylation sites (tertiary alicyclic amines) is 1. The van der Waals surface area contributed by atoms with E-state index in [1.165, 1.54) is 19.1 Å². The highest BCUT2D eigenvalue weighted by Crippen LogP contribution is 2.24. The average molecular weight is 262 g/mol. The van der Waals surface area contributed by atoms with Crippen LogP contribution in [0.15, 0.2) is 0 Å². The van der Waals surface area contributed by atoms with Gasteiger partial charge in [0.1, 0.15) is 0 Å². The molecule has 2 saturated heterocycles. The van der Waals surface area contributed by atoms with Gasteiger partial charge in [-0.1, -0.05) is 0 Å². The van der Waals surface area contributed by atoms with Crippen molar-refractivity contribution in [3.05, 3.63) is 0 Å². The normalized spacial score (nSPS) is 32.4. The van der Waals surface area contributed by atoms with Gasteiger partial charge in [0.05, 0.1) is 12.4 Å². The van der Waals surface area contributed by atoms with Crippen LogP contribution in [0.4, 0.5) is 0 Å². The predicted octanol–water partition coefficient (Wildman–Crippen LogP) is 0.131. The molecule has 2 atom stereocenters. The molecule has 0 saturated carbocycles. The van der Waals surface area contributed by atoms with Crippen molar-refractivity contribution in [1.29, 1.82) is 0 Å². The second kappa shape index (κ2) is 5.22. The van der Waals surface area contributed by atoms with Gasteiger partial charge in [0.15, 0.2) is 0 Å². The van der Waals surface area contributed by atoms with Crippen molar-refractivity contribution in [3.8, 4) is 0 Å². The maximum atomic E-state index is 11.7. The van der Waals surface area contributed by atoms with E-state index in [4.69, 9.17) is 4.74 Å². The van der Waals surface area contributed by atoms with E-state index in [2.05, 4.69) is 4.90 Å². The Bertz CT molecular complexity index is 352. The molecule has 0 amide bonds. The predicted molar refractivity (Wildman–Crippen MR) is 66.4 cm³/mol. The van der Waals surface area contributed by atoms with Crippen LogP contribution in [0, 0.1) is 0 Å². The second-order valence-corrected chi connectivity index (χ2v) is 7.02. The van der Waals surface area contributed by atoms with Crippen LogP contribution in [-0.2, 0) is 14.8 Å². The fourth-order valence-corrected chi connectivity index (χ4v) is 3.98. The van der Waals surface area contributed by atoms with Crippen LogP contribution in [0.3, 0.4) is 0 Å². The van der Waals surface area contributed by atoms with Crippen molar-refractivity contribution in [2.75, 3.05) is 39.5 Å². The first-order valence-corrected chi connectivity index (χ1v) is 8.07. The third-order valence-corrected chi connectivity index (χ3v) is 5.05. The second-order valence-electron chi connectivity index (χ2n) is 5.09. The minimum absolute atomic E-state index is 0.0531. The Morgan fingerprint density at radius 3 is 2.47 bits per heavy atom. The van der Waals surface area contributed by atoms with E-state index >= 15 is 0 Å². The quantitative estimate of drug-likeness (QED) is 0.723. The van der Waals surface area contributed by atoms with Gasteiger partial charge in [0.25, 0.3) is 0 Å². The third kappa shape index (κ3) is 3.19. The summed E-state index contributed by atoms with van der Waals surface area (Å²) in [5, 5.41) is 0. The molecule has 2 fully saturated rings. The van der Waals surface area contributed by atoms with Crippen LogP contribution >= 0.6 is 0 Å². The zero-order chi connectivity index (χ0) is 12.5. The number of nitrogens with zero attached hydrogens (tertiary/aromatic N) is 2. The molecule has 0 bridgehead atoms. The highest BCUT2D eigenvalue weighted by Gasteiger charge is 2.38. The van der Waals surface area contributed by atoms with E-state index in [0.29, 0.717) is 6.54 Å². The van der Waals surface area contributed by atoms with Gasteiger partial charge in [-0.3, -0.25) is 0 Å². The summed E-state index contributed by atoms with van der Waals surface area (Å²) in [6.07, 6.45) is 4.64. The lowest BCUT2D eigenvalue weighted by atomic mass is 10.2. The zero-order valence-corrected chi connectivity index (χ0v) is 11.4. The van der Waals surface area contributed by atoms with E-state index in [1.54, 1.807) is 11.4 Å². The Morgan fingerprint density at radius 1 is 1.29 bits per heavy atom. The third-order valence-electron chi connectivity index (χ3n) is 3.75. The molecule has 5 nitrogen and oxygen atoms in total. The van der Waals surface area contributed by atoms with Crippen LogP contribution in [0.5, 0.6) is 0 Å². The summed E-state index contributed by atoms with van der Waals surface area (Å²) in [4.78, 5) is 2.36. The molecule has 0 aromatic rings. The molecule has 2 aliphatic heterocycles. The van der Waals surface area contributed by atoms with Gasteiger partial charge in [0.2, 0.25) is 10.0 Å². The van der Waals surface area contributed by atoms with Gasteiger partial charge in [-0.05, 0) is 32.4 Å². The van der Waals surface area contributed by atoms with Gasteiger partial charge in [0, 0.05) is 26.2 Å². The molecular formula is C11H22N2O3S. The molecule has 0 spiro atoms. The van der Waals surface area contributed by atoms with Crippen LogP contribution in [0.1, 0.15) is 19.3 Å². The molecule has 100 valence electrons. The van der Waals surface area contributed by atoms with Crippen LogP contribution in [-0.4, -0.2) is 69.3 Å². The maximum Gasteiger partial charge on any atom is 0.211 e. The van der Waals surface area contributed by atoms with E-state index in [-0.39, 0.29) is 12.1 Å².